The van der Waals surface area contributed by atoms with Crippen LogP contribution in [0.5, 0.6) is 0 Å². The van der Waals surface area contributed by atoms with Gasteiger partial charge in [-0.15, -0.1) is 0 Å². The molecule has 0 aliphatic carbocycles. The second kappa shape index (κ2) is 12.0. The van der Waals surface area contributed by atoms with Gasteiger partial charge >= 0.3 is 0 Å². The summed E-state index contributed by atoms with van der Waals surface area (Å²) >= 11 is 0. The highest BCUT2D eigenvalue weighted by Crippen LogP contribution is 2.41. The van der Waals surface area contributed by atoms with Crippen molar-refractivity contribution >= 4 is 43.6 Å². The van der Waals surface area contributed by atoms with E-state index in [0.29, 0.717) is 5.56 Å². The van der Waals surface area contributed by atoms with Crippen molar-refractivity contribution in [2.45, 2.75) is 0 Å². The van der Waals surface area contributed by atoms with Crippen molar-refractivity contribution in [1.82, 2.24) is 9.13 Å². The van der Waals surface area contributed by atoms with Crippen molar-refractivity contribution in [2.75, 3.05) is 0 Å². The fourth-order valence-electron chi connectivity index (χ4n) is 8.01. The van der Waals surface area contributed by atoms with Gasteiger partial charge in [0.15, 0.2) is 0 Å². The second-order valence-electron chi connectivity index (χ2n) is 13.3. The van der Waals surface area contributed by atoms with Crippen molar-refractivity contribution in [1.29, 1.82) is 5.26 Å². The number of para-hydroxylation sites is 3. The third-order valence-corrected chi connectivity index (χ3v) is 10.4. The molecule has 0 saturated heterocycles. The molecular formula is C49H31N3. The molecule has 0 aliphatic heterocycles. The fraction of sp³-hybridized carbons (Fsp3) is 0. The molecule has 0 radical (unpaired) electrons. The van der Waals surface area contributed by atoms with Gasteiger partial charge in [0.2, 0.25) is 0 Å². The molecule has 0 fully saturated rings. The summed E-state index contributed by atoms with van der Waals surface area (Å²) in [4.78, 5) is 0. The average Bonchev–Trinajstić information content (AvgIpc) is 3.73. The van der Waals surface area contributed by atoms with Gasteiger partial charge in [-0.1, -0.05) is 127 Å². The van der Waals surface area contributed by atoms with E-state index >= 15 is 0 Å². The van der Waals surface area contributed by atoms with Crippen LogP contribution in [0.1, 0.15) is 5.56 Å². The first-order valence-electron chi connectivity index (χ1n) is 17.6. The highest BCUT2D eigenvalue weighted by atomic mass is 15.0. The molecule has 242 valence electrons. The quantitative estimate of drug-likeness (QED) is 0.181. The molecule has 10 rings (SSSR count). The highest BCUT2D eigenvalue weighted by Gasteiger charge is 2.19. The van der Waals surface area contributed by atoms with Crippen LogP contribution < -0.4 is 0 Å². The van der Waals surface area contributed by atoms with Crippen LogP contribution in [0.4, 0.5) is 0 Å². The Balaban J connectivity index is 1.19. The zero-order valence-corrected chi connectivity index (χ0v) is 28.2. The fourth-order valence-corrected chi connectivity index (χ4v) is 8.01. The Morgan fingerprint density at radius 2 is 0.731 bits per heavy atom. The summed E-state index contributed by atoms with van der Waals surface area (Å²) in [5, 5.41) is 15.4. The van der Waals surface area contributed by atoms with Crippen LogP contribution in [-0.2, 0) is 0 Å². The smallest absolute Gasteiger partial charge is 0.100 e. The minimum Gasteiger partial charge on any atom is -0.309 e. The molecule has 0 saturated carbocycles. The van der Waals surface area contributed by atoms with Gasteiger partial charge in [0.25, 0.3) is 0 Å². The maximum absolute atomic E-state index is 10.6. The molecule has 0 atom stereocenters. The number of rotatable bonds is 5. The zero-order chi connectivity index (χ0) is 34.6. The van der Waals surface area contributed by atoms with Gasteiger partial charge in [-0.05, 0) is 82.9 Å². The molecule has 2 heterocycles. The van der Waals surface area contributed by atoms with Crippen LogP contribution in [0.3, 0.4) is 0 Å². The third kappa shape index (κ3) is 4.66. The summed E-state index contributed by atoms with van der Waals surface area (Å²) in [5.74, 6) is 0. The van der Waals surface area contributed by atoms with Crippen molar-refractivity contribution in [3.05, 3.63) is 194 Å². The Labute approximate surface area is 301 Å². The van der Waals surface area contributed by atoms with E-state index in [4.69, 9.17) is 0 Å². The largest absolute Gasteiger partial charge is 0.309 e. The number of hydrogen-bond donors (Lipinski definition) is 0. The Bertz CT molecular complexity index is 2940. The Kier molecular flexibility index (Phi) is 6.87. The lowest BCUT2D eigenvalue weighted by atomic mass is 9.91. The van der Waals surface area contributed by atoms with E-state index in [1.54, 1.807) is 0 Å². The number of nitriles is 1. The van der Waals surface area contributed by atoms with Gasteiger partial charge in [0.1, 0.15) is 6.07 Å². The molecule has 2 aromatic heterocycles. The second-order valence-corrected chi connectivity index (χ2v) is 13.3. The summed E-state index contributed by atoms with van der Waals surface area (Å²) in [6.07, 6.45) is 0. The predicted molar refractivity (Wildman–Crippen MR) is 216 cm³/mol. The molecule has 52 heavy (non-hydrogen) atoms. The van der Waals surface area contributed by atoms with Crippen molar-refractivity contribution in [3.8, 4) is 50.8 Å². The van der Waals surface area contributed by atoms with Crippen molar-refractivity contribution < 1.29 is 0 Å². The van der Waals surface area contributed by atoms with Gasteiger partial charge in [-0.25, -0.2) is 0 Å². The van der Waals surface area contributed by atoms with Gasteiger partial charge in [-0.3, -0.25) is 0 Å². The first-order valence-corrected chi connectivity index (χ1v) is 17.6. The van der Waals surface area contributed by atoms with Gasteiger partial charge in [0.05, 0.1) is 27.6 Å². The number of hydrogen-bond acceptors (Lipinski definition) is 1. The van der Waals surface area contributed by atoms with E-state index < -0.39 is 0 Å². The van der Waals surface area contributed by atoms with Crippen LogP contribution in [0.2, 0.25) is 0 Å². The minimum atomic E-state index is 0.674. The van der Waals surface area contributed by atoms with Gasteiger partial charge in [-0.2, -0.15) is 5.26 Å². The monoisotopic (exact) mass is 661 g/mol. The van der Waals surface area contributed by atoms with Crippen molar-refractivity contribution in [2.24, 2.45) is 0 Å². The Morgan fingerprint density at radius 1 is 0.327 bits per heavy atom. The third-order valence-electron chi connectivity index (χ3n) is 10.4. The first-order chi connectivity index (χ1) is 25.8. The summed E-state index contributed by atoms with van der Waals surface area (Å²) in [6, 6.07) is 69.0. The van der Waals surface area contributed by atoms with Crippen LogP contribution in [0, 0.1) is 11.3 Å². The summed E-state index contributed by atoms with van der Waals surface area (Å²) < 4.78 is 4.71. The molecule has 0 amide bonds. The summed E-state index contributed by atoms with van der Waals surface area (Å²) in [6.45, 7) is 0. The molecule has 0 unspecified atom stereocenters. The lowest BCUT2D eigenvalue weighted by Gasteiger charge is -2.16. The molecule has 3 heteroatoms. The molecule has 0 spiro atoms. The zero-order valence-electron chi connectivity index (χ0n) is 28.2. The van der Waals surface area contributed by atoms with E-state index in [0.717, 1.165) is 44.7 Å². The maximum Gasteiger partial charge on any atom is 0.100 e. The number of nitrogens with zero attached hydrogens (tertiary/aromatic N) is 3. The standard InChI is InChI=1S/C49H31N3/c50-32-45-41(33-14-4-1-5-15-33)30-38(31-42(45)34-16-6-2-7-17-34)52-47-23-13-11-21-40(47)44-29-36(25-27-49(44)52)35-24-26-48-43(28-35)39-20-10-12-22-46(39)51(48)37-18-8-3-9-19-37/h1-31H. The number of benzene rings is 8. The normalized spacial score (nSPS) is 11.4. The van der Waals surface area contributed by atoms with E-state index in [9.17, 15) is 5.26 Å². The first kappa shape index (κ1) is 29.7. The minimum absolute atomic E-state index is 0.674. The van der Waals surface area contributed by atoms with E-state index in [1.807, 2.05) is 36.4 Å². The average molecular weight is 662 g/mol. The molecule has 10 aromatic rings. The Morgan fingerprint density at radius 3 is 1.21 bits per heavy atom. The lowest BCUT2D eigenvalue weighted by Crippen LogP contribution is -1.99. The van der Waals surface area contributed by atoms with Crippen molar-refractivity contribution in [3.63, 3.8) is 0 Å². The Hall–Kier alpha value is -7.15. The molecular weight excluding hydrogens is 631 g/mol. The van der Waals surface area contributed by atoms with Crippen LogP contribution in [-0.4, -0.2) is 9.13 Å². The van der Waals surface area contributed by atoms with E-state index in [1.165, 1.54) is 43.7 Å². The van der Waals surface area contributed by atoms with Crippen LogP contribution in [0.25, 0.3) is 88.4 Å². The molecule has 0 bridgehead atoms. The molecule has 0 N–H and O–H groups in total. The number of aromatic nitrogens is 2. The van der Waals surface area contributed by atoms with Gasteiger partial charge in [0, 0.05) is 44.0 Å². The van der Waals surface area contributed by atoms with E-state index in [2.05, 4.69) is 167 Å². The van der Waals surface area contributed by atoms with E-state index in [-0.39, 0.29) is 0 Å². The van der Waals surface area contributed by atoms with Crippen LogP contribution in [0.15, 0.2) is 188 Å². The number of fused-ring (bicyclic) bond motifs is 6. The highest BCUT2D eigenvalue weighted by molar-refractivity contribution is 6.13. The van der Waals surface area contributed by atoms with Gasteiger partial charge < -0.3 is 9.13 Å². The SMILES string of the molecule is N#Cc1c(-c2ccccc2)cc(-n2c3ccccc3c3cc(-c4ccc5c(c4)c4ccccc4n5-c4ccccc4)ccc32)cc1-c1ccccc1. The van der Waals surface area contributed by atoms with Crippen LogP contribution >= 0.6 is 0 Å². The summed E-state index contributed by atoms with van der Waals surface area (Å²) in [7, 11) is 0. The molecule has 0 aliphatic rings. The lowest BCUT2D eigenvalue weighted by molar-refractivity contribution is 1.18. The topological polar surface area (TPSA) is 33.6 Å². The maximum atomic E-state index is 10.6. The molecule has 8 aromatic carbocycles. The predicted octanol–water partition coefficient (Wildman–Crippen LogP) is 12.8. The molecule has 3 nitrogen and oxygen atoms in total. The summed E-state index contributed by atoms with van der Waals surface area (Å²) in [5.41, 5.74) is 13.7.